The molecule has 1 aliphatic rings. The SMILES string of the molecule is CN[C@H]1CCC[C@@H]1Cc1ccccc1. The summed E-state index contributed by atoms with van der Waals surface area (Å²) in [5, 5.41) is 3.43. The van der Waals surface area contributed by atoms with Gasteiger partial charge in [-0.1, -0.05) is 36.8 Å². The molecule has 0 saturated heterocycles. The summed E-state index contributed by atoms with van der Waals surface area (Å²) in [6.45, 7) is 0. The smallest absolute Gasteiger partial charge is 0.00955 e. The summed E-state index contributed by atoms with van der Waals surface area (Å²) in [6, 6.07) is 11.6. The lowest BCUT2D eigenvalue weighted by molar-refractivity contribution is 0.423. The zero-order chi connectivity index (χ0) is 9.80. The van der Waals surface area contributed by atoms with Crippen molar-refractivity contribution >= 4 is 0 Å². The van der Waals surface area contributed by atoms with Gasteiger partial charge in [0.1, 0.15) is 0 Å². The molecule has 1 aromatic rings. The molecule has 0 aromatic heterocycles. The van der Waals surface area contributed by atoms with Gasteiger partial charge in [-0.2, -0.15) is 0 Å². The van der Waals surface area contributed by atoms with Crippen molar-refractivity contribution in [3.8, 4) is 0 Å². The molecule has 0 aliphatic heterocycles. The first-order valence-electron chi connectivity index (χ1n) is 5.61. The molecule has 76 valence electrons. The fourth-order valence-corrected chi connectivity index (χ4v) is 2.58. The van der Waals surface area contributed by atoms with Gasteiger partial charge in [-0.25, -0.2) is 0 Å². The maximum absolute atomic E-state index is 3.43. The van der Waals surface area contributed by atoms with Crippen molar-refractivity contribution in [1.82, 2.24) is 5.32 Å². The molecule has 0 amide bonds. The number of rotatable bonds is 3. The quantitative estimate of drug-likeness (QED) is 0.770. The average Bonchev–Trinajstić information content (AvgIpc) is 2.67. The Balaban J connectivity index is 1.97. The molecule has 1 nitrogen and oxygen atoms in total. The van der Waals surface area contributed by atoms with Gasteiger partial charge in [0.15, 0.2) is 0 Å². The summed E-state index contributed by atoms with van der Waals surface area (Å²) < 4.78 is 0. The van der Waals surface area contributed by atoms with Gasteiger partial charge >= 0.3 is 0 Å². The predicted octanol–water partition coefficient (Wildman–Crippen LogP) is 2.62. The molecule has 0 bridgehead atoms. The van der Waals surface area contributed by atoms with E-state index < -0.39 is 0 Å². The van der Waals surface area contributed by atoms with Gasteiger partial charge in [-0.05, 0) is 37.8 Å². The van der Waals surface area contributed by atoms with Crippen molar-refractivity contribution < 1.29 is 0 Å². The van der Waals surface area contributed by atoms with E-state index in [2.05, 4.69) is 42.7 Å². The molecule has 0 spiro atoms. The van der Waals surface area contributed by atoms with E-state index >= 15 is 0 Å². The molecule has 0 unspecified atom stereocenters. The van der Waals surface area contributed by atoms with Gasteiger partial charge in [-0.15, -0.1) is 0 Å². The van der Waals surface area contributed by atoms with Gasteiger partial charge in [0.05, 0.1) is 0 Å². The normalized spacial score (nSPS) is 26.6. The first kappa shape index (κ1) is 9.72. The van der Waals surface area contributed by atoms with E-state index in [1.807, 2.05) is 0 Å². The topological polar surface area (TPSA) is 12.0 Å². The first-order valence-corrected chi connectivity index (χ1v) is 5.61. The molecule has 1 aromatic carbocycles. The van der Waals surface area contributed by atoms with Crippen LogP contribution >= 0.6 is 0 Å². The van der Waals surface area contributed by atoms with E-state index in [4.69, 9.17) is 0 Å². The third-order valence-corrected chi connectivity index (χ3v) is 3.37. The Kier molecular flexibility index (Phi) is 3.20. The highest BCUT2D eigenvalue weighted by atomic mass is 14.9. The van der Waals surface area contributed by atoms with Crippen molar-refractivity contribution in [1.29, 1.82) is 0 Å². The fraction of sp³-hybridized carbons (Fsp3) is 0.538. The van der Waals surface area contributed by atoms with Crippen LogP contribution in [0.1, 0.15) is 24.8 Å². The highest BCUT2D eigenvalue weighted by molar-refractivity contribution is 5.16. The largest absolute Gasteiger partial charge is 0.317 e. The fourth-order valence-electron chi connectivity index (χ4n) is 2.58. The molecule has 14 heavy (non-hydrogen) atoms. The maximum atomic E-state index is 3.43. The molecule has 1 saturated carbocycles. The van der Waals surface area contributed by atoms with Crippen molar-refractivity contribution in [3.63, 3.8) is 0 Å². The average molecular weight is 189 g/mol. The third kappa shape index (κ3) is 2.16. The Bertz CT molecular complexity index is 268. The van der Waals surface area contributed by atoms with E-state index in [9.17, 15) is 0 Å². The second-order valence-electron chi connectivity index (χ2n) is 4.28. The zero-order valence-electron chi connectivity index (χ0n) is 8.87. The lowest BCUT2D eigenvalue weighted by Crippen LogP contribution is -2.29. The van der Waals surface area contributed by atoms with Crippen LogP contribution in [0.3, 0.4) is 0 Å². The third-order valence-electron chi connectivity index (χ3n) is 3.37. The Morgan fingerprint density at radius 1 is 1.21 bits per heavy atom. The molecule has 1 aliphatic carbocycles. The van der Waals surface area contributed by atoms with Crippen molar-refractivity contribution in [2.24, 2.45) is 5.92 Å². The Morgan fingerprint density at radius 3 is 2.71 bits per heavy atom. The number of nitrogens with one attached hydrogen (secondary N) is 1. The van der Waals surface area contributed by atoms with Gasteiger partial charge in [0.25, 0.3) is 0 Å². The standard InChI is InChI=1S/C13H19N/c1-14-13-9-5-8-12(13)10-11-6-3-2-4-7-11/h2-4,6-7,12-14H,5,8-10H2,1H3/t12-,13+/m1/s1. The summed E-state index contributed by atoms with van der Waals surface area (Å²) in [4.78, 5) is 0. The molecule has 0 radical (unpaired) electrons. The van der Waals surface area contributed by atoms with E-state index in [0.29, 0.717) is 0 Å². The maximum Gasteiger partial charge on any atom is 0.00955 e. The van der Waals surface area contributed by atoms with Crippen molar-refractivity contribution in [2.45, 2.75) is 31.7 Å². The van der Waals surface area contributed by atoms with Crippen LogP contribution in [0.4, 0.5) is 0 Å². The van der Waals surface area contributed by atoms with Gasteiger partial charge < -0.3 is 5.32 Å². The number of hydrogen-bond donors (Lipinski definition) is 1. The lowest BCUT2D eigenvalue weighted by atomic mass is 9.95. The van der Waals surface area contributed by atoms with E-state index in [1.54, 1.807) is 0 Å². The van der Waals surface area contributed by atoms with Crippen LogP contribution < -0.4 is 5.32 Å². The van der Waals surface area contributed by atoms with Gasteiger partial charge in [0.2, 0.25) is 0 Å². The Hall–Kier alpha value is -0.820. The predicted molar refractivity (Wildman–Crippen MR) is 60.3 cm³/mol. The second-order valence-corrected chi connectivity index (χ2v) is 4.28. The molecular formula is C13H19N. The van der Waals surface area contributed by atoms with Crippen LogP contribution in [0.2, 0.25) is 0 Å². The highest BCUT2D eigenvalue weighted by Gasteiger charge is 2.25. The zero-order valence-corrected chi connectivity index (χ0v) is 8.87. The molecule has 2 rings (SSSR count). The molecule has 1 fully saturated rings. The summed E-state index contributed by atoms with van der Waals surface area (Å²) in [5.74, 6) is 0.849. The highest BCUT2D eigenvalue weighted by Crippen LogP contribution is 2.28. The van der Waals surface area contributed by atoms with E-state index in [-0.39, 0.29) is 0 Å². The number of benzene rings is 1. The van der Waals surface area contributed by atoms with Crippen LogP contribution in [0, 0.1) is 5.92 Å². The number of hydrogen-bond acceptors (Lipinski definition) is 1. The van der Waals surface area contributed by atoms with Crippen LogP contribution in [0.5, 0.6) is 0 Å². The lowest BCUT2D eigenvalue weighted by Gasteiger charge is -2.18. The van der Waals surface area contributed by atoms with E-state index in [0.717, 1.165) is 12.0 Å². The Labute approximate surface area is 86.5 Å². The van der Waals surface area contributed by atoms with Crippen LogP contribution in [0.15, 0.2) is 30.3 Å². The molecule has 1 N–H and O–H groups in total. The van der Waals surface area contributed by atoms with Crippen molar-refractivity contribution in [3.05, 3.63) is 35.9 Å². The summed E-state index contributed by atoms with van der Waals surface area (Å²) in [7, 11) is 2.09. The summed E-state index contributed by atoms with van der Waals surface area (Å²) in [5.41, 5.74) is 1.49. The Morgan fingerprint density at radius 2 is 2.00 bits per heavy atom. The minimum atomic E-state index is 0.746. The van der Waals surface area contributed by atoms with E-state index in [1.165, 1.54) is 31.2 Å². The molecule has 1 heteroatoms. The molecular weight excluding hydrogens is 170 g/mol. The van der Waals surface area contributed by atoms with Crippen LogP contribution in [-0.4, -0.2) is 13.1 Å². The minimum absolute atomic E-state index is 0.746. The first-order chi connectivity index (χ1) is 6.90. The molecule has 0 heterocycles. The summed E-state index contributed by atoms with van der Waals surface area (Å²) in [6.07, 6.45) is 5.38. The van der Waals surface area contributed by atoms with Gasteiger partial charge in [0, 0.05) is 6.04 Å². The second kappa shape index (κ2) is 4.61. The van der Waals surface area contributed by atoms with Gasteiger partial charge in [-0.3, -0.25) is 0 Å². The summed E-state index contributed by atoms with van der Waals surface area (Å²) >= 11 is 0. The monoisotopic (exact) mass is 189 g/mol. The molecule has 2 atom stereocenters. The van der Waals surface area contributed by atoms with Crippen LogP contribution in [-0.2, 0) is 6.42 Å². The minimum Gasteiger partial charge on any atom is -0.317 e. The van der Waals surface area contributed by atoms with Crippen LogP contribution in [0.25, 0.3) is 0 Å². The van der Waals surface area contributed by atoms with Crippen molar-refractivity contribution in [2.75, 3.05) is 7.05 Å².